The molecule has 5 heteroatoms. The fourth-order valence-corrected chi connectivity index (χ4v) is 4.46. The number of likely N-dealkylation sites (tertiary alicyclic amines) is 1. The van der Waals surface area contributed by atoms with E-state index in [-0.39, 0.29) is 5.75 Å². The van der Waals surface area contributed by atoms with Crippen LogP contribution in [0.25, 0.3) is 11.1 Å². The van der Waals surface area contributed by atoms with Crippen LogP contribution in [-0.4, -0.2) is 53.7 Å². The maximum Gasteiger partial charge on any atom is 0.165 e. The third-order valence-electron chi connectivity index (χ3n) is 5.82. The van der Waals surface area contributed by atoms with E-state index in [0.717, 1.165) is 36.3 Å². The molecule has 0 radical (unpaired) electrons. The van der Waals surface area contributed by atoms with E-state index in [1.54, 1.807) is 6.07 Å². The van der Waals surface area contributed by atoms with E-state index in [2.05, 4.69) is 22.8 Å². The Balaban J connectivity index is 1.59. The van der Waals surface area contributed by atoms with E-state index < -0.39 is 0 Å². The van der Waals surface area contributed by atoms with Crippen molar-refractivity contribution in [3.63, 3.8) is 0 Å². The van der Waals surface area contributed by atoms with Gasteiger partial charge in [0.05, 0.1) is 0 Å². The van der Waals surface area contributed by atoms with Gasteiger partial charge < -0.3 is 14.7 Å². The molecule has 1 fully saturated rings. The second-order valence-electron chi connectivity index (χ2n) is 7.48. The molecule has 2 aliphatic heterocycles. The Labute approximate surface area is 166 Å². The van der Waals surface area contributed by atoms with Crippen molar-refractivity contribution in [3.8, 4) is 22.6 Å². The van der Waals surface area contributed by atoms with Crippen LogP contribution in [0.1, 0.15) is 25.3 Å². The van der Waals surface area contributed by atoms with Crippen molar-refractivity contribution >= 4 is 11.6 Å². The highest BCUT2D eigenvalue weighted by atomic mass is 35.5. The summed E-state index contributed by atoms with van der Waals surface area (Å²) in [7, 11) is 0. The van der Waals surface area contributed by atoms with Crippen LogP contribution in [0.5, 0.6) is 11.5 Å². The van der Waals surface area contributed by atoms with Crippen molar-refractivity contribution in [1.82, 2.24) is 9.80 Å². The number of nitrogens with zero attached hydrogens (tertiary/aromatic N) is 2. The zero-order valence-corrected chi connectivity index (χ0v) is 16.6. The molecule has 0 aromatic heterocycles. The van der Waals surface area contributed by atoms with E-state index in [1.165, 1.54) is 25.9 Å². The van der Waals surface area contributed by atoms with Crippen LogP contribution in [-0.2, 0) is 6.54 Å². The first-order valence-electron chi connectivity index (χ1n) is 9.85. The molecule has 0 bridgehead atoms. The number of hydrogen-bond donors (Lipinski definition) is 1. The zero-order valence-electron chi connectivity index (χ0n) is 15.8. The standard InChI is InChI=1S/C22H27ClN2O2/c1-2-24-8-6-20(7-9-24)25-10-11-27-22-18(15-25)12-17(14-21(22)26)16-4-3-5-19(23)13-16/h3-5,12-14,20,26H,2,6-11,15H2,1H3. The molecule has 1 saturated heterocycles. The van der Waals surface area contributed by atoms with Crippen molar-refractivity contribution in [1.29, 1.82) is 0 Å². The van der Waals surface area contributed by atoms with Gasteiger partial charge in [-0.1, -0.05) is 30.7 Å². The van der Waals surface area contributed by atoms with Gasteiger partial charge in [-0.3, -0.25) is 4.90 Å². The second kappa shape index (κ2) is 8.09. The highest BCUT2D eigenvalue weighted by molar-refractivity contribution is 6.30. The van der Waals surface area contributed by atoms with E-state index in [1.807, 2.05) is 24.3 Å². The third kappa shape index (κ3) is 4.08. The Kier molecular flexibility index (Phi) is 5.58. The van der Waals surface area contributed by atoms with Gasteiger partial charge in [0.1, 0.15) is 6.61 Å². The lowest BCUT2D eigenvalue weighted by Crippen LogP contribution is -2.45. The van der Waals surface area contributed by atoms with Crippen molar-refractivity contribution in [3.05, 3.63) is 47.0 Å². The lowest BCUT2D eigenvalue weighted by Gasteiger charge is -2.37. The van der Waals surface area contributed by atoms with E-state index in [9.17, 15) is 5.11 Å². The minimum absolute atomic E-state index is 0.213. The Morgan fingerprint density at radius 2 is 1.93 bits per heavy atom. The van der Waals surface area contributed by atoms with Gasteiger partial charge >= 0.3 is 0 Å². The molecule has 0 atom stereocenters. The average Bonchev–Trinajstić information content (AvgIpc) is 2.91. The summed E-state index contributed by atoms with van der Waals surface area (Å²) in [5.74, 6) is 0.847. The van der Waals surface area contributed by atoms with Crippen LogP contribution in [0.2, 0.25) is 5.02 Å². The highest BCUT2D eigenvalue weighted by Crippen LogP contribution is 2.38. The number of halogens is 1. The first-order valence-corrected chi connectivity index (χ1v) is 10.2. The van der Waals surface area contributed by atoms with Crippen LogP contribution < -0.4 is 4.74 Å². The SMILES string of the molecule is CCN1CCC(N2CCOc3c(O)cc(-c4cccc(Cl)c4)cc3C2)CC1. The minimum atomic E-state index is 0.213. The molecule has 0 spiro atoms. The number of benzene rings is 2. The van der Waals surface area contributed by atoms with Gasteiger partial charge in [-0.05, 0) is 67.9 Å². The van der Waals surface area contributed by atoms with Gasteiger partial charge in [0.2, 0.25) is 0 Å². The quantitative estimate of drug-likeness (QED) is 0.848. The Hall–Kier alpha value is -1.75. The Morgan fingerprint density at radius 3 is 2.67 bits per heavy atom. The lowest BCUT2D eigenvalue weighted by atomic mass is 9.99. The average molecular weight is 387 g/mol. The van der Waals surface area contributed by atoms with Crippen molar-refractivity contribution in [2.45, 2.75) is 32.4 Å². The number of ether oxygens (including phenoxy) is 1. The molecule has 2 aliphatic rings. The van der Waals surface area contributed by atoms with Gasteiger partial charge in [-0.2, -0.15) is 0 Å². The van der Waals surface area contributed by atoms with Gasteiger partial charge in [-0.25, -0.2) is 0 Å². The van der Waals surface area contributed by atoms with Crippen molar-refractivity contribution in [2.75, 3.05) is 32.8 Å². The van der Waals surface area contributed by atoms with Crippen LogP contribution in [0, 0.1) is 0 Å². The Morgan fingerprint density at radius 1 is 1.11 bits per heavy atom. The molecule has 0 saturated carbocycles. The normalized spacial score (nSPS) is 19.3. The van der Waals surface area contributed by atoms with E-state index in [0.29, 0.717) is 23.4 Å². The maximum absolute atomic E-state index is 10.6. The van der Waals surface area contributed by atoms with E-state index >= 15 is 0 Å². The molecule has 1 N–H and O–H groups in total. The van der Waals surface area contributed by atoms with Crippen molar-refractivity contribution in [2.24, 2.45) is 0 Å². The molecular weight excluding hydrogens is 360 g/mol. The molecule has 2 heterocycles. The van der Waals surface area contributed by atoms with E-state index in [4.69, 9.17) is 16.3 Å². The number of fused-ring (bicyclic) bond motifs is 1. The van der Waals surface area contributed by atoms with Crippen LogP contribution in [0.15, 0.2) is 36.4 Å². The number of rotatable bonds is 3. The molecule has 0 amide bonds. The van der Waals surface area contributed by atoms with Gasteiger partial charge in [0.15, 0.2) is 11.5 Å². The maximum atomic E-state index is 10.6. The van der Waals surface area contributed by atoms with Crippen molar-refractivity contribution < 1.29 is 9.84 Å². The molecule has 4 rings (SSSR count). The summed E-state index contributed by atoms with van der Waals surface area (Å²) in [5, 5.41) is 11.3. The Bertz CT molecular complexity index is 803. The number of aromatic hydroxyl groups is 1. The van der Waals surface area contributed by atoms with Gasteiger partial charge in [0, 0.05) is 29.7 Å². The number of phenolic OH excluding ortho intramolecular Hbond substituents is 1. The first kappa shape index (κ1) is 18.6. The summed E-state index contributed by atoms with van der Waals surface area (Å²) in [6.45, 7) is 8.03. The molecular formula is C22H27ClN2O2. The molecule has 144 valence electrons. The molecule has 2 aromatic carbocycles. The summed E-state index contributed by atoms with van der Waals surface area (Å²) in [5.41, 5.74) is 3.04. The summed E-state index contributed by atoms with van der Waals surface area (Å²) in [6, 6.07) is 12.2. The smallest absolute Gasteiger partial charge is 0.165 e. The summed E-state index contributed by atoms with van der Waals surface area (Å²) in [4.78, 5) is 5.04. The van der Waals surface area contributed by atoms with Crippen LogP contribution in [0.3, 0.4) is 0 Å². The zero-order chi connectivity index (χ0) is 18.8. The molecule has 0 aliphatic carbocycles. The summed E-state index contributed by atoms with van der Waals surface area (Å²) in [6.07, 6.45) is 2.40. The number of hydrogen-bond acceptors (Lipinski definition) is 4. The summed E-state index contributed by atoms with van der Waals surface area (Å²) < 4.78 is 5.93. The van der Waals surface area contributed by atoms with Crippen LogP contribution in [0.4, 0.5) is 0 Å². The summed E-state index contributed by atoms with van der Waals surface area (Å²) >= 11 is 6.15. The van der Waals surface area contributed by atoms with Crippen LogP contribution >= 0.6 is 11.6 Å². The second-order valence-corrected chi connectivity index (χ2v) is 7.91. The molecule has 0 unspecified atom stereocenters. The predicted octanol–water partition coefficient (Wildman–Crippen LogP) is 4.39. The highest BCUT2D eigenvalue weighted by Gasteiger charge is 2.27. The largest absolute Gasteiger partial charge is 0.504 e. The van der Waals surface area contributed by atoms with Gasteiger partial charge in [-0.15, -0.1) is 0 Å². The minimum Gasteiger partial charge on any atom is -0.504 e. The number of phenols is 1. The molecule has 2 aromatic rings. The first-order chi connectivity index (χ1) is 13.1. The lowest BCUT2D eigenvalue weighted by molar-refractivity contribution is 0.0993. The number of piperidine rings is 1. The van der Waals surface area contributed by atoms with Gasteiger partial charge in [0.25, 0.3) is 0 Å². The topological polar surface area (TPSA) is 35.9 Å². The molecule has 4 nitrogen and oxygen atoms in total. The molecule has 27 heavy (non-hydrogen) atoms. The monoisotopic (exact) mass is 386 g/mol. The fraction of sp³-hybridized carbons (Fsp3) is 0.455. The predicted molar refractivity (Wildman–Crippen MR) is 110 cm³/mol. The third-order valence-corrected chi connectivity index (χ3v) is 6.06. The fourth-order valence-electron chi connectivity index (χ4n) is 4.27.